The maximum atomic E-state index is 9.07. The summed E-state index contributed by atoms with van der Waals surface area (Å²) >= 11 is 0. The Morgan fingerprint density at radius 1 is 1.41 bits per heavy atom. The summed E-state index contributed by atoms with van der Waals surface area (Å²) < 4.78 is 0. The van der Waals surface area contributed by atoms with Crippen molar-refractivity contribution in [1.29, 1.82) is 0 Å². The monoisotopic (exact) mass is 241 g/mol. The molecule has 1 aliphatic heterocycles. The number of aliphatic hydroxyl groups is 1. The van der Waals surface area contributed by atoms with Crippen LogP contribution in [0.4, 0.5) is 0 Å². The van der Waals surface area contributed by atoms with E-state index >= 15 is 0 Å². The molecule has 17 heavy (non-hydrogen) atoms. The number of nitrogens with zero attached hydrogens (tertiary/aromatic N) is 2. The molecule has 100 valence electrons. The van der Waals surface area contributed by atoms with Gasteiger partial charge in [0.2, 0.25) is 0 Å². The Kier molecular flexibility index (Phi) is 6.12. The van der Waals surface area contributed by atoms with Crippen molar-refractivity contribution in [2.75, 3.05) is 52.4 Å². The van der Waals surface area contributed by atoms with Crippen LogP contribution >= 0.6 is 0 Å². The van der Waals surface area contributed by atoms with Gasteiger partial charge in [0.15, 0.2) is 0 Å². The molecule has 0 aromatic carbocycles. The molecule has 1 fully saturated rings. The van der Waals surface area contributed by atoms with Gasteiger partial charge in [-0.3, -0.25) is 9.80 Å². The van der Waals surface area contributed by atoms with E-state index in [1.54, 1.807) is 0 Å². The minimum Gasteiger partial charge on any atom is -0.395 e. The lowest BCUT2D eigenvalue weighted by Gasteiger charge is -2.43. The first-order valence-electron chi connectivity index (χ1n) is 6.50. The van der Waals surface area contributed by atoms with Crippen molar-refractivity contribution in [3.8, 4) is 0 Å². The summed E-state index contributed by atoms with van der Waals surface area (Å²) in [7, 11) is 0. The molecule has 4 nitrogen and oxygen atoms in total. The number of piperazine rings is 1. The van der Waals surface area contributed by atoms with Crippen molar-refractivity contribution in [2.45, 2.75) is 19.4 Å². The average molecular weight is 241 g/mol. The maximum Gasteiger partial charge on any atom is 0.0558 e. The highest BCUT2D eigenvalue weighted by Gasteiger charge is 2.29. The van der Waals surface area contributed by atoms with Crippen LogP contribution in [0.2, 0.25) is 0 Å². The third kappa shape index (κ3) is 4.76. The third-order valence-electron chi connectivity index (χ3n) is 3.39. The fourth-order valence-electron chi connectivity index (χ4n) is 2.48. The van der Waals surface area contributed by atoms with Crippen LogP contribution in [0, 0.1) is 0 Å². The fraction of sp³-hybridized carbons (Fsp3) is 0.846. The number of hydrogen-bond donors (Lipinski definition) is 2. The number of aliphatic hydroxyl groups excluding tert-OH is 1. The molecule has 2 N–H and O–H groups in total. The van der Waals surface area contributed by atoms with Crippen molar-refractivity contribution < 1.29 is 5.11 Å². The Bertz CT molecular complexity index is 225. The van der Waals surface area contributed by atoms with E-state index in [-0.39, 0.29) is 12.1 Å². The Labute approximate surface area is 105 Å². The second kappa shape index (κ2) is 7.11. The summed E-state index contributed by atoms with van der Waals surface area (Å²) in [4.78, 5) is 4.78. The van der Waals surface area contributed by atoms with Crippen molar-refractivity contribution in [3.05, 3.63) is 12.7 Å². The van der Waals surface area contributed by atoms with Crippen molar-refractivity contribution in [2.24, 2.45) is 0 Å². The molecule has 1 aliphatic rings. The topological polar surface area (TPSA) is 38.7 Å². The quantitative estimate of drug-likeness (QED) is 0.623. The van der Waals surface area contributed by atoms with E-state index in [1.165, 1.54) is 0 Å². The molecular weight excluding hydrogens is 214 g/mol. The lowest BCUT2D eigenvalue weighted by atomic mass is 10.0. The molecule has 4 heteroatoms. The minimum atomic E-state index is 0.153. The van der Waals surface area contributed by atoms with E-state index in [0.717, 1.165) is 45.8 Å². The number of hydrogen-bond acceptors (Lipinski definition) is 4. The Morgan fingerprint density at radius 2 is 2.06 bits per heavy atom. The predicted molar refractivity (Wildman–Crippen MR) is 72.2 cm³/mol. The first kappa shape index (κ1) is 14.6. The van der Waals surface area contributed by atoms with Crippen LogP contribution in [0.3, 0.4) is 0 Å². The van der Waals surface area contributed by atoms with Crippen molar-refractivity contribution in [1.82, 2.24) is 15.1 Å². The standard InChI is InChI=1S/C13H27N3O/c1-4-7-15(10-11-17)12-13(2,3)16-8-5-14-6-9-16/h4,14,17H,1,5-12H2,2-3H3. The van der Waals surface area contributed by atoms with Gasteiger partial charge in [-0.2, -0.15) is 0 Å². The molecule has 0 aromatic heterocycles. The Balaban J connectivity index is 2.51. The molecule has 1 heterocycles. The van der Waals surface area contributed by atoms with Gasteiger partial charge in [0.25, 0.3) is 0 Å². The van der Waals surface area contributed by atoms with Gasteiger partial charge < -0.3 is 10.4 Å². The molecule has 1 saturated heterocycles. The molecule has 1 rings (SSSR count). The van der Waals surface area contributed by atoms with Gasteiger partial charge in [0.1, 0.15) is 0 Å². The SMILES string of the molecule is C=CCN(CCO)CC(C)(C)N1CCNCC1. The highest BCUT2D eigenvalue weighted by atomic mass is 16.3. The summed E-state index contributed by atoms with van der Waals surface area (Å²) in [6.07, 6.45) is 1.91. The van der Waals surface area contributed by atoms with Crippen molar-refractivity contribution in [3.63, 3.8) is 0 Å². The predicted octanol–water partition coefficient (Wildman–Crippen LogP) is 0.151. The van der Waals surface area contributed by atoms with Crippen LogP contribution in [0.1, 0.15) is 13.8 Å². The second-order valence-corrected chi connectivity index (χ2v) is 5.30. The lowest BCUT2D eigenvalue weighted by Crippen LogP contribution is -2.57. The smallest absolute Gasteiger partial charge is 0.0558 e. The Morgan fingerprint density at radius 3 is 2.59 bits per heavy atom. The zero-order valence-corrected chi connectivity index (χ0v) is 11.3. The molecule has 0 amide bonds. The summed E-state index contributed by atoms with van der Waals surface area (Å²) in [5, 5.41) is 12.4. The van der Waals surface area contributed by atoms with E-state index < -0.39 is 0 Å². The van der Waals surface area contributed by atoms with E-state index in [2.05, 4.69) is 35.5 Å². The zero-order valence-electron chi connectivity index (χ0n) is 11.3. The lowest BCUT2D eigenvalue weighted by molar-refractivity contribution is 0.0611. The largest absolute Gasteiger partial charge is 0.395 e. The van der Waals surface area contributed by atoms with Crippen LogP contribution < -0.4 is 5.32 Å². The van der Waals surface area contributed by atoms with Gasteiger partial charge in [-0.05, 0) is 13.8 Å². The van der Waals surface area contributed by atoms with Gasteiger partial charge in [-0.15, -0.1) is 6.58 Å². The van der Waals surface area contributed by atoms with Gasteiger partial charge in [0, 0.05) is 51.4 Å². The van der Waals surface area contributed by atoms with E-state index in [1.807, 2.05) is 6.08 Å². The highest BCUT2D eigenvalue weighted by Crippen LogP contribution is 2.16. The first-order valence-corrected chi connectivity index (χ1v) is 6.50. The molecular formula is C13H27N3O. The molecule has 0 bridgehead atoms. The maximum absolute atomic E-state index is 9.07. The minimum absolute atomic E-state index is 0.153. The van der Waals surface area contributed by atoms with Crippen LogP contribution in [0.25, 0.3) is 0 Å². The summed E-state index contributed by atoms with van der Waals surface area (Å²) in [5.74, 6) is 0. The summed E-state index contributed by atoms with van der Waals surface area (Å²) in [5.41, 5.74) is 0.153. The molecule has 0 aliphatic carbocycles. The van der Waals surface area contributed by atoms with Crippen LogP contribution in [0.15, 0.2) is 12.7 Å². The van der Waals surface area contributed by atoms with E-state index in [0.29, 0.717) is 0 Å². The molecule has 0 atom stereocenters. The second-order valence-electron chi connectivity index (χ2n) is 5.30. The van der Waals surface area contributed by atoms with Gasteiger partial charge in [-0.25, -0.2) is 0 Å². The van der Waals surface area contributed by atoms with Gasteiger partial charge in [0.05, 0.1) is 6.61 Å². The molecule has 0 radical (unpaired) electrons. The van der Waals surface area contributed by atoms with Crippen LogP contribution in [-0.2, 0) is 0 Å². The van der Waals surface area contributed by atoms with Crippen LogP contribution in [-0.4, -0.2) is 72.9 Å². The summed E-state index contributed by atoms with van der Waals surface area (Å²) in [6, 6.07) is 0. The molecule has 0 saturated carbocycles. The highest BCUT2D eigenvalue weighted by molar-refractivity contribution is 4.89. The zero-order chi connectivity index (χ0) is 12.7. The summed E-state index contributed by atoms with van der Waals surface area (Å²) in [6.45, 7) is 15.5. The van der Waals surface area contributed by atoms with Crippen LogP contribution in [0.5, 0.6) is 0 Å². The van der Waals surface area contributed by atoms with E-state index in [4.69, 9.17) is 5.11 Å². The van der Waals surface area contributed by atoms with Gasteiger partial charge >= 0.3 is 0 Å². The number of nitrogens with one attached hydrogen (secondary N) is 1. The normalized spacial score (nSPS) is 18.6. The average Bonchev–Trinajstić information content (AvgIpc) is 2.30. The molecule has 0 unspecified atom stereocenters. The first-order chi connectivity index (χ1) is 8.10. The molecule has 0 aromatic rings. The van der Waals surface area contributed by atoms with Gasteiger partial charge in [-0.1, -0.05) is 6.08 Å². The third-order valence-corrected chi connectivity index (χ3v) is 3.39. The fourth-order valence-corrected chi connectivity index (χ4v) is 2.48. The Hall–Kier alpha value is -0.420. The van der Waals surface area contributed by atoms with E-state index in [9.17, 15) is 0 Å². The molecule has 0 spiro atoms. The van der Waals surface area contributed by atoms with Crippen molar-refractivity contribution >= 4 is 0 Å². The number of rotatable bonds is 7.